The molecule has 0 bridgehead atoms. The highest BCUT2D eigenvalue weighted by Crippen LogP contribution is 2.38. The molecule has 102 valence electrons. The number of benzene rings is 1. The predicted octanol–water partition coefficient (Wildman–Crippen LogP) is 1.31. The van der Waals surface area contributed by atoms with Gasteiger partial charge in [0.1, 0.15) is 12.4 Å². The Kier molecular flexibility index (Phi) is 3.57. The zero-order chi connectivity index (χ0) is 14.0. The third-order valence-corrected chi connectivity index (χ3v) is 3.11. The number of hydrogen-bond donors (Lipinski definition) is 1. The van der Waals surface area contributed by atoms with E-state index in [1.807, 2.05) is 0 Å². The fourth-order valence-electron chi connectivity index (χ4n) is 2.13. The van der Waals surface area contributed by atoms with Crippen molar-refractivity contribution < 1.29 is 14.3 Å². The zero-order valence-corrected chi connectivity index (χ0v) is 11.2. The predicted molar refractivity (Wildman–Crippen MR) is 71.9 cm³/mol. The van der Waals surface area contributed by atoms with Gasteiger partial charge in [0.15, 0.2) is 0 Å². The van der Waals surface area contributed by atoms with Crippen molar-refractivity contribution in [2.45, 2.75) is 20.3 Å². The summed E-state index contributed by atoms with van der Waals surface area (Å²) in [4.78, 5) is 25.6. The first kappa shape index (κ1) is 13.5. The highest BCUT2D eigenvalue weighted by Gasteiger charge is 2.46. The van der Waals surface area contributed by atoms with Crippen molar-refractivity contribution in [3.05, 3.63) is 24.3 Å². The maximum absolute atomic E-state index is 12.3. The summed E-state index contributed by atoms with van der Waals surface area (Å²) in [5.74, 6) is 0.118. The molecule has 5 heteroatoms. The van der Waals surface area contributed by atoms with Crippen LogP contribution in [0.15, 0.2) is 24.3 Å². The maximum Gasteiger partial charge on any atom is 0.240 e. The highest BCUT2D eigenvalue weighted by molar-refractivity contribution is 6.22. The summed E-state index contributed by atoms with van der Waals surface area (Å²) in [6.45, 7) is 4.27. The number of ether oxygens (including phenoxy) is 1. The average molecular weight is 262 g/mol. The molecule has 1 saturated heterocycles. The maximum atomic E-state index is 12.3. The molecule has 0 aromatic heterocycles. The van der Waals surface area contributed by atoms with Gasteiger partial charge in [0.2, 0.25) is 11.8 Å². The second-order valence-electron chi connectivity index (χ2n) is 5.20. The number of para-hydroxylation sites is 2. The van der Waals surface area contributed by atoms with E-state index in [2.05, 4.69) is 0 Å². The summed E-state index contributed by atoms with van der Waals surface area (Å²) in [6, 6.07) is 7.02. The van der Waals surface area contributed by atoms with Gasteiger partial charge >= 0.3 is 0 Å². The molecule has 0 atom stereocenters. The van der Waals surface area contributed by atoms with Crippen molar-refractivity contribution in [2.24, 2.45) is 11.1 Å². The molecule has 0 saturated carbocycles. The number of hydrogen-bond acceptors (Lipinski definition) is 4. The first-order chi connectivity index (χ1) is 8.97. The topological polar surface area (TPSA) is 72.6 Å². The quantitative estimate of drug-likeness (QED) is 0.830. The van der Waals surface area contributed by atoms with E-state index in [4.69, 9.17) is 10.5 Å². The summed E-state index contributed by atoms with van der Waals surface area (Å²) in [5.41, 5.74) is 5.25. The van der Waals surface area contributed by atoms with Crippen LogP contribution >= 0.6 is 0 Å². The lowest BCUT2D eigenvalue weighted by Crippen LogP contribution is -2.33. The third-order valence-electron chi connectivity index (χ3n) is 3.11. The number of rotatable bonds is 4. The number of carbonyl (C=O) groups is 2. The van der Waals surface area contributed by atoms with Gasteiger partial charge in [-0.25, -0.2) is 4.90 Å². The number of amides is 2. The number of anilines is 1. The Labute approximate surface area is 112 Å². The van der Waals surface area contributed by atoms with Gasteiger partial charge in [-0.1, -0.05) is 26.0 Å². The minimum atomic E-state index is -0.655. The van der Waals surface area contributed by atoms with Gasteiger partial charge in [0, 0.05) is 13.0 Å². The summed E-state index contributed by atoms with van der Waals surface area (Å²) in [6.07, 6.45) is 0.219. The SMILES string of the molecule is CC1(C)CC(=O)N(c2ccccc2OCCN)C1=O. The largest absolute Gasteiger partial charge is 0.490 e. The molecule has 0 radical (unpaired) electrons. The fourth-order valence-corrected chi connectivity index (χ4v) is 2.13. The van der Waals surface area contributed by atoms with E-state index < -0.39 is 5.41 Å². The lowest BCUT2D eigenvalue weighted by Gasteiger charge is -2.20. The Morgan fingerprint density at radius 2 is 2.00 bits per heavy atom. The van der Waals surface area contributed by atoms with Crippen LogP contribution in [-0.2, 0) is 9.59 Å². The second-order valence-corrected chi connectivity index (χ2v) is 5.20. The molecule has 0 aliphatic carbocycles. The molecule has 1 aromatic rings. The fraction of sp³-hybridized carbons (Fsp3) is 0.429. The summed E-state index contributed by atoms with van der Waals surface area (Å²) in [5, 5.41) is 0. The number of carbonyl (C=O) groups excluding carboxylic acids is 2. The first-order valence-corrected chi connectivity index (χ1v) is 6.26. The Morgan fingerprint density at radius 3 is 2.58 bits per heavy atom. The van der Waals surface area contributed by atoms with Crippen molar-refractivity contribution >= 4 is 17.5 Å². The molecule has 5 nitrogen and oxygen atoms in total. The molecule has 1 aliphatic rings. The lowest BCUT2D eigenvalue weighted by molar-refractivity contribution is -0.124. The Hall–Kier alpha value is -1.88. The molecular weight excluding hydrogens is 244 g/mol. The zero-order valence-electron chi connectivity index (χ0n) is 11.2. The number of nitrogens with zero attached hydrogens (tertiary/aromatic N) is 1. The summed E-state index contributed by atoms with van der Waals surface area (Å²) >= 11 is 0. The van der Waals surface area contributed by atoms with Crippen molar-refractivity contribution in [2.75, 3.05) is 18.1 Å². The van der Waals surface area contributed by atoms with Crippen LogP contribution in [-0.4, -0.2) is 25.0 Å². The Bertz CT molecular complexity index is 511. The molecule has 1 aromatic carbocycles. The van der Waals surface area contributed by atoms with E-state index in [0.717, 1.165) is 0 Å². The Balaban J connectivity index is 2.37. The van der Waals surface area contributed by atoms with E-state index in [1.165, 1.54) is 4.90 Å². The molecule has 0 unspecified atom stereocenters. The smallest absolute Gasteiger partial charge is 0.240 e. The minimum absolute atomic E-state index is 0.193. The molecule has 1 aliphatic heterocycles. The average Bonchev–Trinajstić information content (AvgIpc) is 2.56. The van der Waals surface area contributed by atoms with E-state index in [0.29, 0.717) is 24.6 Å². The molecule has 19 heavy (non-hydrogen) atoms. The molecule has 2 rings (SSSR count). The van der Waals surface area contributed by atoms with E-state index >= 15 is 0 Å². The van der Waals surface area contributed by atoms with Gasteiger partial charge in [0.05, 0.1) is 11.1 Å². The highest BCUT2D eigenvalue weighted by atomic mass is 16.5. The summed E-state index contributed by atoms with van der Waals surface area (Å²) in [7, 11) is 0. The third kappa shape index (κ3) is 2.46. The molecule has 1 fully saturated rings. The van der Waals surface area contributed by atoms with E-state index in [9.17, 15) is 9.59 Å². The summed E-state index contributed by atoms with van der Waals surface area (Å²) < 4.78 is 5.49. The molecule has 0 spiro atoms. The van der Waals surface area contributed by atoms with Crippen LogP contribution in [0.3, 0.4) is 0 Å². The molecule has 2 amide bonds. The van der Waals surface area contributed by atoms with Gasteiger partial charge < -0.3 is 10.5 Å². The van der Waals surface area contributed by atoms with Gasteiger partial charge in [-0.2, -0.15) is 0 Å². The normalized spacial score (nSPS) is 17.9. The van der Waals surface area contributed by atoms with E-state index in [1.54, 1.807) is 38.1 Å². The standard InChI is InChI=1S/C14H18N2O3/c1-14(2)9-12(17)16(13(14)18)10-5-3-4-6-11(10)19-8-7-15/h3-6H,7-9,15H2,1-2H3. The van der Waals surface area contributed by atoms with Crippen LogP contribution < -0.4 is 15.4 Å². The van der Waals surface area contributed by atoms with Crippen LogP contribution in [0.1, 0.15) is 20.3 Å². The first-order valence-electron chi connectivity index (χ1n) is 6.26. The van der Waals surface area contributed by atoms with Crippen LogP contribution in [0.25, 0.3) is 0 Å². The van der Waals surface area contributed by atoms with Crippen molar-refractivity contribution in [1.29, 1.82) is 0 Å². The number of imide groups is 1. The van der Waals surface area contributed by atoms with Crippen molar-refractivity contribution in [1.82, 2.24) is 0 Å². The van der Waals surface area contributed by atoms with Crippen molar-refractivity contribution in [3.63, 3.8) is 0 Å². The van der Waals surface area contributed by atoms with Crippen molar-refractivity contribution in [3.8, 4) is 5.75 Å². The lowest BCUT2D eigenvalue weighted by atomic mass is 9.92. The van der Waals surface area contributed by atoms with Crippen LogP contribution in [0.4, 0.5) is 5.69 Å². The van der Waals surface area contributed by atoms with Crippen LogP contribution in [0, 0.1) is 5.41 Å². The van der Waals surface area contributed by atoms with Crippen LogP contribution in [0.5, 0.6) is 5.75 Å². The van der Waals surface area contributed by atoms with Gasteiger partial charge in [0.25, 0.3) is 0 Å². The van der Waals surface area contributed by atoms with Gasteiger partial charge in [-0.05, 0) is 12.1 Å². The molecular formula is C14H18N2O3. The minimum Gasteiger partial charge on any atom is -0.490 e. The molecule has 2 N–H and O–H groups in total. The van der Waals surface area contributed by atoms with E-state index in [-0.39, 0.29) is 18.2 Å². The van der Waals surface area contributed by atoms with Gasteiger partial charge in [-0.15, -0.1) is 0 Å². The molecule has 1 heterocycles. The monoisotopic (exact) mass is 262 g/mol. The second kappa shape index (κ2) is 5.01. The number of nitrogens with two attached hydrogens (primary N) is 1. The van der Waals surface area contributed by atoms with Crippen LogP contribution in [0.2, 0.25) is 0 Å². The van der Waals surface area contributed by atoms with Gasteiger partial charge in [-0.3, -0.25) is 9.59 Å². The Morgan fingerprint density at radius 1 is 1.32 bits per heavy atom.